The molecule has 4 heteroatoms. The van der Waals surface area contributed by atoms with Gasteiger partial charge in [-0.25, -0.2) is 10.3 Å². The highest BCUT2D eigenvalue weighted by molar-refractivity contribution is 7.98. The summed E-state index contributed by atoms with van der Waals surface area (Å²) in [6, 6.07) is 3.27. The molecule has 0 aliphatic rings. The maximum atomic E-state index is 13.2. The highest BCUT2D eigenvalue weighted by Crippen LogP contribution is 2.23. The van der Waals surface area contributed by atoms with Crippen molar-refractivity contribution >= 4 is 11.8 Å². The Balaban J connectivity index is 3.06. The van der Waals surface area contributed by atoms with E-state index in [0.29, 0.717) is 5.56 Å². The van der Waals surface area contributed by atoms with Crippen molar-refractivity contribution in [1.82, 2.24) is 0 Å². The first-order chi connectivity index (χ1) is 6.19. The third-order valence-corrected chi connectivity index (χ3v) is 2.68. The lowest BCUT2D eigenvalue weighted by Crippen LogP contribution is -2.02. The van der Waals surface area contributed by atoms with Crippen molar-refractivity contribution in [2.45, 2.75) is 18.4 Å². The van der Waals surface area contributed by atoms with E-state index in [1.165, 1.54) is 6.07 Å². The fourth-order valence-electron chi connectivity index (χ4n) is 1.12. The van der Waals surface area contributed by atoms with Gasteiger partial charge in [0.2, 0.25) is 0 Å². The Bertz CT molecular complexity index is 304. The van der Waals surface area contributed by atoms with E-state index in [9.17, 15) is 4.39 Å². The molecule has 0 radical (unpaired) electrons. The van der Waals surface area contributed by atoms with Crippen molar-refractivity contribution in [1.29, 1.82) is 0 Å². The molecule has 13 heavy (non-hydrogen) atoms. The molecule has 1 aromatic carbocycles. The zero-order chi connectivity index (χ0) is 9.84. The van der Waals surface area contributed by atoms with E-state index in [1.807, 2.05) is 13.2 Å². The molecule has 0 saturated carbocycles. The molecule has 72 valence electrons. The van der Waals surface area contributed by atoms with Crippen LogP contribution in [0.5, 0.6) is 0 Å². The highest BCUT2D eigenvalue weighted by atomic mass is 32.2. The fraction of sp³-hybridized carbons (Fsp3) is 0.333. The van der Waals surface area contributed by atoms with Crippen molar-refractivity contribution in [2.75, 3.05) is 6.26 Å². The molecular formula is C9H12FNOS. The lowest BCUT2D eigenvalue weighted by Gasteiger charge is -2.07. The number of benzene rings is 1. The van der Waals surface area contributed by atoms with Gasteiger partial charge in [-0.3, -0.25) is 4.84 Å². The average Bonchev–Trinajstić information content (AvgIpc) is 2.10. The third kappa shape index (κ3) is 2.43. The Morgan fingerprint density at radius 3 is 2.77 bits per heavy atom. The predicted octanol–water partition coefficient (Wildman–Crippen LogP) is 2.25. The summed E-state index contributed by atoms with van der Waals surface area (Å²) in [6.07, 6.45) is 1.95. The number of nitrogens with two attached hydrogens (primary N) is 1. The molecule has 0 atom stereocenters. The number of hydrogen-bond donors (Lipinski definition) is 1. The van der Waals surface area contributed by atoms with Gasteiger partial charge in [-0.05, 0) is 30.9 Å². The van der Waals surface area contributed by atoms with Crippen molar-refractivity contribution in [3.63, 3.8) is 0 Å². The summed E-state index contributed by atoms with van der Waals surface area (Å²) in [5, 5.41) is 0. The van der Waals surface area contributed by atoms with E-state index < -0.39 is 0 Å². The quantitative estimate of drug-likeness (QED) is 0.601. The minimum atomic E-state index is -0.263. The van der Waals surface area contributed by atoms with Crippen molar-refractivity contribution in [2.24, 2.45) is 5.90 Å². The molecule has 0 spiro atoms. The molecule has 0 bridgehead atoms. The molecule has 0 saturated heterocycles. The van der Waals surface area contributed by atoms with Gasteiger partial charge in [0.15, 0.2) is 0 Å². The molecular weight excluding hydrogens is 189 g/mol. The highest BCUT2D eigenvalue weighted by Gasteiger charge is 2.06. The topological polar surface area (TPSA) is 35.2 Å². The second-order valence-electron chi connectivity index (χ2n) is 2.72. The minimum Gasteiger partial charge on any atom is -0.300 e. The smallest absolute Gasteiger partial charge is 0.129 e. The van der Waals surface area contributed by atoms with Gasteiger partial charge in [-0.2, -0.15) is 0 Å². The van der Waals surface area contributed by atoms with Gasteiger partial charge in [-0.1, -0.05) is 0 Å². The van der Waals surface area contributed by atoms with E-state index >= 15 is 0 Å². The predicted molar refractivity (Wildman–Crippen MR) is 51.9 cm³/mol. The normalized spacial score (nSPS) is 10.5. The first-order valence-electron chi connectivity index (χ1n) is 3.83. The van der Waals surface area contributed by atoms with E-state index in [0.717, 1.165) is 10.5 Å². The lowest BCUT2D eigenvalue weighted by molar-refractivity contribution is 0.121. The second kappa shape index (κ2) is 4.60. The van der Waals surface area contributed by atoms with Gasteiger partial charge in [0.25, 0.3) is 0 Å². The zero-order valence-electron chi connectivity index (χ0n) is 7.63. The summed E-state index contributed by atoms with van der Waals surface area (Å²) >= 11 is 1.58. The molecule has 0 amide bonds. The van der Waals surface area contributed by atoms with E-state index in [1.54, 1.807) is 17.8 Å². The standard InChI is InChI=1S/C9H12FNOS/c1-6-3-8(10)7(5-12-11)4-9(6)13-2/h3-4H,5,11H2,1-2H3. The number of hydrogen-bond acceptors (Lipinski definition) is 3. The van der Waals surface area contributed by atoms with Crippen LogP contribution in [0.1, 0.15) is 11.1 Å². The van der Waals surface area contributed by atoms with Crippen LogP contribution in [0.25, 0.3) is 0 Å². The molecule has 0 fully saturated rings. The summed E-state index contributed by atoms with van der Waals surface area (Å²) in [7, 11) is 0. The van der Waals surface area contributed by atoms with Crippen LogP contribution in [-0.2, 0) is 11.4 Å². The largest absolute Gasteiger partial charge is 0.300 e. The molecule has 2 N–H and O–H groups in total. The minimum absolute atomic E-state index is 0.111. The van der Waals surface area contributed by atoms with Crippen LogP contribution in [0, 0.1) is 12.7 Å². The molecule has 1 rings (SSSR count). The molecule has 0 aliphatic heterocycles. The van der Waals surface area contributed by atoms with Crippen LogP contribution in [0.3, 0.4) is 0 Å². The van der Waals surface area contributed by atoms with Crippen LogP contribution in [0.15, 0.2) is 17.0 Å². The van der Waals surface area contributed by atoms with Crippen molar-refractivity contribution in [3.8, 4) is 0 Å². The second-order valence-corrected chi connectivity index (χ2v) is 3.57. The molecule has 0 aromatic heterocycles. The van der Waals surface area contributed by atoms with Gasteiger partial charge >= 0.3 is 0 Å². The van der Waals surface area contributed by atoms with Crippen LogP contribution in [0.2, 0.25) is 0 Å². The summed E-state index contributed by atoms with van der Waals surface area (Å²) in [4.78, 5) is 5.45. The Hall–Kier alpha value is -0.580. The Labute approximate surface area is 81.2 Å². The van der Waals surface area contributed by atoms with E-state index in [-0.39, 0.29) is 12.4 Å². The van der Waals surface area contributed by atoms with E-state index in [2.05, 4.69) is 4.84 Å². The van der Waals surface area contributed by atoms with Crippen molar-refractivity contribution < 1.29 is 9.23 Å². The molecule has 0 unspecified atom stereocenters. The Morgan fingerprint density at radius 2 is 2.23 bits per heavy atom. The Morgan fingerprint density at radius 1 is 1.54 bits per heavy atom. The molecule has 0 heterocycles. The van der Waals surface area contributed by atoms with Gasteiger partial charge in [0.1, 0.15) is 5.82 Å². The molecule has 1 aromatic rings. The van der Waals surface area contributed by atoms with Crippen LogP contribution in [0.4, 0.5) is 4.39 Å². The van der Waals surface area contributed by atoms with Gasteiger partial charge in [-0.15, -0.1) is 11.8 Å². The van der Waals surface area contributed by atoms with Gasteiger partial charge < -0.3 is 0 Å². The number of rotatable bonds is 3. The van der Waals surface area contributed by atoms with Gasteiger partial charge in [0, 0.05) is 10.5 Å². The first-order valence-corrected chi connectivity index (χ1v) is 5.06. The first kappa shape index (κ1) is 10.5. The van der Waals surface area contributed by atoms with Gasteiger partial charge in [0.05, 0.1) is 6.61 Å². The van der Waals surface area contributed by atoms with Crippen LogP contribution < -0.4 is 5.90 Å². The van der Waals surface area contributed by atoms with Crippen LogP contribution in [-0.4, -0.2) is 6.26 Å². The average molecular weight is 201 g/mol. The number of thioether (sulfide) groups is 1. The molecule has 0 aliphatic carbocycles. The zero-order valence-corrected chi connectivity index (χ0v) is 8.45. The van der Waals surface area contributed by atoms with Crippen molar-refractivity contribution in [3.05, 3.63) is 29.1 Å². The van der Waals surface area contributed by atoms with E-state index in [4.69, 9.17) is 5.90 Å². The number of halogens is 1. The summed E-state index contributed by atoms with van der Waals surface area (Å²) in [5.41, 5.74) is 1.43. The summed E-state index contributed by atoms with van der Waals surface area (Å²) < 4.78 is 13.2. The maximum Gasteiger partial charge on any atom is 0.129 e. The number of aryl methyl sites for hydroxylation is 1. The maximum absolute atomic E-state index is 13.2. The lowest BCUT2D eigenvalue weighted by atomic mass is 10.1. The molecule has 2 nitrogen and oxygen atoms in total. The summed E-state index contributed by atoms with van der Waals surface area (Å²) in [6.45, 7) is 1.99. The SMILES string of the molecule is CSc1cc(CON)c(F)cc1C. The summed E-state index contributed by atoms with van der Waals surface area (Å²) in [5.74, 6) is 4.62. The monoisotopic (exact) mass is 201 g/mol. The fourth-order valence-corrected chi connectivity index (χ4v) is 1.76. The van der Waals surface area contributed by atoms with Crippen LogP contribution >= 0.6 is 11.8 Å². The Kier molecular flexibility index (Phi) is 3.71. The third-order valence-electron chi connectivity index (χ3n) is 1.80.